The number of rotatable bonds is 3. The number of phenols is 1. The highest BCUT2D eigenvalue weighted by Gasteiger charge is 2.32. The summed E-state index contributed by atoms with van der Waals surface area (Å²) in [6, 6.07) is 3.89. The maximum absolute atomic E-state index is 12.9. The van der Waals surface area contributed by atoms with Crippen LogP contribution in [0.3, 0.4) is 0 Å². The van der Waals surface area contributed by atoms with Gasteiger partial charge in [-0.3, -0.25) is 9.69 Å². The number of hydrogen-bond acceptors (Lipinski definition) is 4. The van der Waals surface area contributed by atoms with Crippen LogP contribution in [0.15, 0.2) is 18.2 Å². The van der Waals surface area contributed by atoms with Crippen molar-refractivity contribution in [3.05, 3.63) is 29.6 Å². The Hall–Kier alpha value is -1.66. The first-order chi connectivity index (χ1) is 10.1. The van der Waals surface area contributed by atoms with Crippen LogP contribution in [0.4, 0.5) is 4.39 Å². The fourth-order valence-electron chi connectivity index (χ4n) is 3.01. The molecule has 1 amide bonds. The number of hydrogen-bond donors (Lipinski definition) is 2. The van der Waals surface area contributed by atoms with E-state index < -0.39 is 11.7 Å². The van der Waals surface area contributed by atoms with Gasteiger partial charge in [-0.15, -0.1) is 0 Å². The van der Waals surface area contributed by atoms with Gasteiger partial charge in [-0.2, -0.15) is 0 Å². The van der Waals surface area contributed by atoms with Gasteiger partial charge in [-0.25, -0.2) is 4.39 Å². The summed E-state index contributed by atoms with van der Waals surface area (Å²) in [6.45, 7) is 3.01. The predicted molar refractivity (Wildman–Crippen MR) is 74.7 cm³/mol. The molecule has 2 saturated heterocycles. The van der Waals surface area contributed by atoms with Gasteiger partial charge in [0.25, 0.3) is 5.91 Å². The van der Waals surface area contributed by atoms with E-state index in [0.717, 1.165) is 25.2 Å². The van der Waals surface area contributed by atoms with Gasteiger partial charge >= 0.3 is 0 Å². The first-order valence-electron chi connectivity index (χ1n) is 7.26. The van der Waals surface area contributed by atoms with Gasteiger partial charge in [-0.05, 0) is 31.5 Å². The van der Waals surface area contributed by atoms with Crippen molar-refractivity contribution in [2.45, 2.75) is 25.0 Å². The molecule has 2 heterocycles. The third kappa shape index (κ3) is 3.16. The smallest absolute Gasteiger partial charge is 0.255 e. The fraction of sp³-hybridized carbons (Fsp3) is 0.533. The van der Waals surface area contributed by atoms with Crippen molar-refractivity contribution in [2.75, 3.05) is 26.2 Å². The highest BCUT2D eigenvalue weighted by atomic mass is 19.1. The average Bonchev–Trinajstić information content (AvgIpc) is 2.92. The summed E-state index contributed by atoms with van der Waals surface area (Å²) in [4.78, 5) is 14.4. The second-order valence-corrected chi connectivity index (χ2v) is 5.62. The van der Waals surface area contributed by atoms with E-state index in [9.17, 15) is 14.3 Å². The Balaban J connectivity index is 1.54. The first-order valence-corrected chi connectivity index (χ1v) is 7.26. The molecule has 1 aromatic carbocycles. The first kappa shape index (κ1) is 14.3. The molecule has 0 saturated carbocycles. The van der Waals surface area contributed by atoms with Crippen LogP contribution in [0.25, 0.3) is 0 Å². The molecule has 1 aromatic rings. The molecule has 0 spiro atoms. The molecule has 2 N–H and O–H groups in total. The number of nitrogens with one attached hydrogen (secondary N) is 1. The molecular weight excluding hydrogens is 275 g/mol. The van der Waals surface area contributed by atoms with Crippen molar-refractivity contribution in [3.8, 4) is 5.75 Å². The maximum Gasteiger partial charge on any atom is 0.255 e. The van der Waals surface area contributed by atoms with Crippen LogP contribution in [-0.4, -0.2) is 54.3 Å². The van der Waals surface area contributed by atoms with Gasteiger partial charge in [0.05, 0.1) is 18.3 Å². The topological polar surface area (TPSA) is 61.8 Å². The van der Waals surface area contributed by atoms with E-state index in [1.54, 1.807) is 0 Å². The average molecular weight is 294 g/mol. The number of benzene rings is 1. The molecule has 2 unspecified atom stereocenters. The number of ether oxygens (including phenoxy) is 1. The van der Waals surface area contributed by atoms with Crippen molar-refractivity contribution in [3.63, 3.8) is 0 Å². The zero-order chi connectivity index (χ0) is 14.8. The number of carbonyl (C=O) groups is 1. The summed E-state index contributed by atoms with van der Waals surface area (Å²) in [6.07, 6.45) is 2.35. The van der Waals surface area contributed by atoms with Crippen LogP contribution in [0.5, 0.6) is 5.75 Å². The minimum atomic E-state index is -0.570. The maximum atomic E-state index is 12.9. The molecule has 114 valence electrons. The fourth-order valence-corrected chi connectivity index (χ4v) is 3.01. The number of fused-ring (bicyclic) bond motifs is 1. The molecule has 5 nitrogen and oxygen atoms in total. The lowest BCUT2D eigenvalue weighted by Gasteiger charge is -2.35. The number of nitrogens with zero attached hydrogens (tertiary/aromatic N) is 1. The van der Waals surface area contributed by atoms with Gasteiger partial charge < -0.3 is 15.2 Å². The number of amides is 1. The van der Waals surface area contributed by atoms with Crippen LogP contribution >= 0.6 is 0 Å². The summed E-state index contributed by atoms with van der Waals surface area (Å²) in [5.74, 6) is -1.34. The Morgan fingerprint density at radius 2 is 2.38 bits per heavy atom. The van der Waals surface area contributed by atoms with E-state index in [2.05, 4.69) is 10.2 Å². The quantitative estimate of drug-likeness (QED) is 0.877. The number of morpholine rings is 1. The molecule has 0 aliphatic carbocycles. The van der Waals surface area contributed by atoms with Gasteiger partial charge in [0.15, 0.2) is 0 Å². The van der Waals surface area contributed by atoms with E-state index in [4.69, 9.17) is 4.74 Å². The molecule has 2 atom stereocenters. The van der Waals surface area contributed by atoms with Crippen LogP contribution in [0, 0.1) is 5.82 Å². The van der Waals surface area contributed by atoms with Crippen LogP contribution in [0.1, 0.15) is 23.2 Å². The molecule has 2 aliphatic heterocycles. The Bertz CT molecular complexity index is 538. The monoisotopic (exact) mass is 294 g/mol. The van der Waals surface area contributed by atoms with Crippen molar-refractivity contribution < 1.29 is 19.0 Å². The number of phenolic OH excluding ortho intramolecular Hbond substituents is 1. The molecule has 2 aliphatic rings. The van der Waals surface area contributed by atoms with Gasteiger partial charge in [-0.1, -0.05) is 0 Å². The highest BCUT2D eigenvalue weighted by Crippen LogP contribution is 2.22. The lowest BCUT2D eigenvalue weighted by Crippen LogP contribution is -2.50. The summed E-state index contributed by atoms with van der Waals surface area (Å²) in [5.41, 5.74) is 0.0752. The number of halogens is 1. The second-order valence-electron chi connectivity index (χ2n) is 5.62. The normalized spacial score (nSPS) is 25.6. The standard InChI is InChI=1S/C15H19FN2O3/c16-10-3-4-13(14(19)6-10)15(20)17-7-12-8-18-5-1-2-11(18)9-21-12/h3-4,6,11-12,19H,1-2,5,7-9H2,(H,17,20). The SMILES string of the molecule is O=C(NCC1CN2CCCC2CO1)c1ccc(F)cc1O. The Labute approximate surface area is 122 Å². The molecule has 2 fully saturated rings. The molecule has 0 radical (unpaired) electrons. The number of aromatic hydroxyl groups is 1. The Morgan fingerprint density at radius 1 is 1.52 bits per heavy atom. The second kappa shape index (κ2) is 5.99. The van der Waals surface area contributed by atoms with E-state index in [1.165, 1.54) is 18.9 Å². The minimum absolute atomic E-state index is 0.0362. The van der Waals surface area contributed by atoms with E-state index >= 15 is 0 Å². The lowest BCUT2D eigenvalue weighted by atomic mass is 10.1. The molecule has 0 aromatic heterocycles. The van der Waals surface area contributed by atoms with E-state index in [-0.39, 0.29) is 17.4 Å². The van der Waals surface area contributed by atoms with Crippen LogP contribution in [-0.2, 0) is 4.74 Å². The van der Waals surface area contributed by atoms with E-state index in [1.807, 2.05) is 0 Å². The molecular formula is C15H19FN2O3. The third-order valence-electron chi connectivity index (χ3n) is 4.16. The van der Waals surface area contributed by atoms with Crippen LogP contribution in [0.2, 0.25) is 0 Å². The Kier molecular flexibility index (Phi) is 4.07. The summed E-state index contributed by atoms with van der Waals surface area (Å²) in [5, 5.41) is 12.3. The van der Waals surface area contributed by atoms with Crippen LogP contribution < -0.4 is 5.32 Å². The largest absolute Gasteiger partial charge is 0.507 e. The molecule has 6 heteroatoms. The minimum Gasteiger partial charge on any atom is -0.507 e. The van der Waals surface area contributed by atoms with Gasteiger partial charge in [0.1, 0.15) is 11.6 Å². The zero-order valence-electron chi connectivity index (χ0n) is 11.7. The summed E-state index contributed by atoms with van der Waals surface area (Å²) in [7, 11) is 0. The predicted octanol–water partition coefficient (Wildman–Crippen LogP) is 1.12. The molecule has 21 heavy (non-hydrogen) atoms. The van der Waals surface area contributed by atoms with E-state index in [0.29, 0.717) is 19.2 Å². The summed E-state index contributed by atoms with van der Waals surface area (Å²) >= 11 is 0. The molecule has 0 bridgehead atoms. The zero-order valence-corrected chi connectivity index (χ0v) is 11.7. The van der Waals surface area contributed by atoms with Gasteiger partial charge in [0.2, 0.25) is 0 Å². The summed E-state index contributed by atoms with van der Waals surface area (Å²) < 4.78 is 18.6. The number of carbonyl (C=O) groups excluding carboxylic acids is 1. The lowest BCUT2D eigenvalue weighted by molar-refractivity contribution is -0.0461. The molecule has 3 rings (SSSR count). The third-order valence-corrected chi connectivity index (χ3v) is 4.16. The van der Waals surface area contributed by atoms with Crippen molar-refractivity contribution in [1.29, 1.82) is 0 Å². The van der Waals surface area contributed by atoms with Gasteiger partial charge in [0, 0.05) is 25.2 Å². The van der Waals surface area contributed by atoms with Crippen molar-refractivity contribution in [2.24, 2.45) is 0 Å². The van der Waals surface area contributed by atoms with Crippen molar-refractivity contribution in [1.82, 2.24) is 10.2 Å². The Morgan fingerprint density at radius 3 is 3.19 bits per heavy atom. The highest BCUT2D eigenvalue weighted by molar-refractivity contribution is 5.96. The van der Waals surface area contributed by atoms with Crippen molar-refractivity contribution >= 4 is 5.91 Å².